The molecule has 0 atom stereocenters. The van der Waals surface area contributed by atoms with Crippen LogP contribution in [-0.2, 0) is 9.59 Å². The average molecular weight is 280 g/mol. The van der Waals surface area contributed by atoms with E-state index in [4.69, 9.17) is 5.73 Å². The van der Waals surface area contributed by atoms with Crippen molar-refractivity contribution in [2.75, 3.05) is 0 Å². The lowest BCUT2D eigenvalue weighted by Crippen LogP contribution is -2.41. The van der Waals surface area contributed by atoms with E-state index in [0.717, 1.165) is 38.5 Å². The Bertz CT molecular complexity index is 395. The van der Waals surface area contributed by atoms with Crippen LogP contribution in [0.5, 0.6) is 0 Å². The van der Waals surface area contributed by atoms with Crippen molar-refractivity contribution in [2.45, 2.75) is 65.2 Å². The Hall–Kier alpha value is -1.65. The number of hydrogen-bond donors (Lipinski definition) is 1. The van der Waals surface area contributed by atoms with Crippen molar-refractivity contribution in [1.82, 2.24) is 4.90 Å². The molecule has 0 aromatic carbocycles. The number of nitrogens with two attached hydrogens (primary N) is 1. The molecular formula is C15H24N2O3. The summed E-state index contributed by atoms with van der Waals surface area (Å²) in [6.45, 7) is 4.15. The number of urea groups is 1. The van der Waals surface area contributed by atoms with Gasteiger partial charge in [-0.25, -0.2) is 4.79 Å². The summed E-state index contributed by atoms with van der Waals surface area (Å²) in [5, 5.41) is 0. The number of primary amides is 1. The normalized spacial score (nSPS) is 15.4. The standard InChI is InChI=1S/C15H24N2O3/c1-3-5-7-9-11-12(10-8-6-4-2)14(19)17(13(11)18)15(16)20/h3-10H2,1-2H3,(H2,16,20). The molecule has 0 bridgehead atoms. The molecule has 20 heavy (non-hydrogen) atoms. The van der Waals surface area contributed by atoms with Crippen LogP contribution in [-0.4, -0.2) is 22.7 Å². The molecule has 1 rings (SSSR count). The van der Waals surface area contributed by atoms with Crippen LogP contribution in [0.15, 0.2) is 11.1 Å². The Labute approximate surface area is 120 Å². The van der Waals surface area contributed by atoms with Crippen molar-refractivity contribution in [1.29, 1.82) is 0 Å². The highest BCUT2D eigenvalue weighted by atomic mass is 16.2. The largest absolute Gasteiger partial charge is 0.351 e. The molecule has 5 heteroatoms. The molecule has 0 aromatic heterocycles. The molecule has 4 amide bonds. The van der Waals surface area contributed by atoms with E-state index in [1.165, 1.54) is 0 Å². The Balaban J connectivity index is 2.88. The van der Waals surface area contributed by atoms with Gasteiger partial charge in [-0.05, 0) is 25.7 Å². The highest BCUT2D eigenvalue weighted by molar-refractivity contribution is 6.26. The number of amides is 4. The number of rotatable bonds is 8. The summed E-state index contributed by atoms with van der Waals surface area (Å²) in [5.74, 6) is -1.02. The number of hydrogen-bond acceptors (Lipinski definition) is 3. The third-order valence-electron chi connectivity index (χ3n) is 3.57. The fraction of sp³-hybridized carbons (Fsp3) is 0.667. The van der Waals surface area contributed by atoms with Gasteiger partial charge in [0.15, 0.2) is 0 Å². The van der Waals surface area contributed by atoms with Gasteiger partial charge in [0, 0.05) is 11.1 Å². The van der Waals surface area contributed by atoms with Gasteiger partial charge >= 0.3 is 6.03 Å². The first-order valence-corrected chi connectivity index (χ1v) is 7.44. The second kappa shape index (κ2) is 7.82. The molecule has 0 aliphatic carbocycles. The quantitative estimate of drug-likeness (QED) is 0.548. The molecule has 1 heterocycles. The summed E-state index contributed by atoms with van der Waals surface area (Å²) in [6.07, 6.45) is 6.92. The van der Waals surface area contributed by atoms with Gasteiger partial charge in [-0.1, -0.05) is 39.5 Å². The third-order valence-corrected chi connectivity index (χ3v) is 3.57. The molecule has 2 N–H and O–H groups in total. The smallest absolute Gasteiger partial charge is 0.328 e. The van der Waals surface area contributed by atoms with Gasteiger partial charge < -0.3 is 5.73 Å². The van der Waals surface area contributed by atoms with Gasteiger partial charge in [0.05, 0.1) is 0 Å². The minimum absolute atomic E-state index is 0.498. The second-order valence-corrected chi connectivity index (χ2v) is 5.16. The van der Waals surface area contributed by atoms with Crippen LogP contribution in [0.1, 0.15) is 65.2 Å². The van der Waals surface area contributed by atoms with Crippen LogP contribution < -0.4 is 5.73 Å². The van der Waals surface area contributed by atoms with Crippen molar-refractivity contribution in [3.63, 3.8) is 0 Å². The van der Waals surface area contributed by atoms with E-state index in [1.54, 1.807) is 0 Å². The van der Waals surface area contributed by atoms with E-state index in [1.807, 2.05) is 0 Å². The zero-order chi connectivity index (χ0) is 15.1. The van der Waals surface area contributed by atoms with Crippen molar-refractivity contribution >= 4 is 17.8 Å². The van der Waals surface area contributed by atoms with E-state index >= 15 is 0 Å². The summed E-state index contributed by atoms with van der Waals surface area (Å²) >= 11 is 0. The third kappa shape index (κ3) is 3.68. The lowest BCUT2D eigenvalue weighted by molar-refractivity contribution is -0.133. The molecule has 5 nitrogen and oxygen atoms in total. The fourth-order valence-corrected chi connectivity index (χ4v) is 2.44. The zero-order valence-electron chi connectivity index (χ0n) is 12.4. The SMILES string of the molecule is CCCCCC1=C(CCCCC)C(=O)N(C(N)=O)C1=O. The van der Waals surface area contributed by atoms with E-state index in [9.17, 15) is 14.4 Å². The number of carbonyl (C=O) groups excluding carboxylic acids is 3. The summed E-state index contributed by atoms with van der Waals surface area (Å²) in [6, 6.07) is -0.974. The number of imide groups is 3. The van der Waals surface area contributed by atoms with Gasteiger partial charge in [0.1, 0.15) is 0 Å². The topological polar surface area (TPSA) is 80.5 Å². The zero-order valence-corrected chi connectivity index (χ0v) is 12.4. The molecule has 1 aliphatic rings. The summed E-state index contributed by atoms with van der Waals surface area (Å²) in [5.41, 5.74) is 6.13. The maximum Gasteiger partial charge on any atom is 0.328 e. The highest BCUT2D eigenvalue weighted by Crippen LogP contribution is 2.28. The first kappa shape index (κ1) is 16.4. The molecular weight excluding hydrogens is 256 g/mol. The Morgan fingerprint density at radius 2 is 1.30 bits per heavy atom. The van der Waals surface area contributed by atoms with Crippen LogP contribution in [0, 0.1) is 0 Å². The van der Waals surface area contributed by atoms with E-state index in [0.29, 0.717) is 28.9 Å². The maximum atomic E-state index is 12.1. The van der Waals surface area contributed by atoms with E-state index in [2.05, 4.69) is 13.8 Å². The predicted molar refractivity (Wildman–Crippen MR) is 76.7 cm³/mol. The van der Waals surface area contributed by atoms with E-state index < -0.39 is 17.8 Å². The predicted octanol–water partition coefficient (Wildman–Crippen LogP) is 2.89. The number of unbranched alkanes of at least 4 members (excludes halogenated alkanes) is 4. The first-order chi connectivity index (χ1) is 9.54. The lowest BCUT2D eigenvalue weighted by atomic mass is 9.99. The summed E-state index contributed by atoms with van der Waals surface area (Å²) in [7, 11) is 0. The maximum absolute atomic E-state index is 12.1. The van der Waals surface area contributed by atoms with Gasteiger partial charge in [0.25, 0.3) is 11.8 Å². The van der Waals surface area contributed by atoms with Gasteiger partial charge in [-0.2, -0.15) is 4.90 Å². The van der Waals surface area contributed by atoms with Crippen molar-refractivity contribution in [2.24, 2.45) is 5.73 Å². The van der Waals surface area contributed by atoms with E-state index in [-0.39, 0.29) is 0 Å². The Kier molecular flexibility index (Phi) is 6.42. The molecule has 0 aromatic rings. The molecule has 0 unspecified atom stereocenters. The van der Waals surface area contributed by atoms with Crippen molar-refractivity contribution < 1.29 is 14.4 Å². The molecule has 1 aliphatic heterocycles. The van der Waals surface area contributed by atoms with Crippen LogP contribution in [0.4, 0.5) is 4.79 Å². The summed E-state index contributed by atoms with van der Waals surface area (Å²) in [4.78, 5) is 36.1. The van der Waals surface area contributed by atoms with Crippen LogP contribution >= 0.6 is 0 Å². The molecule has 0 radical (unpaired) electrons. The van der Waals surface area contributed by atoms with Crippen LogP contribution in [0.3, 0.4) is 0 Å². The molecule has 112 valence electrons. The minimum Gasteiger partial charge on any atom is -0.351 e. The van der Waals surface area contributed by atoms with Crippen LogP contribution in [0.2, 0.25) is 0 Å². The monoisotopic (exact) mass is 280 g/mol. The van der Waals surface area contributed by atoms with Crippen molar-refractivity contribution in [3.05, 3.63) is 11.1 Å². The lowest BCUT2D eigenvalue weighted by Gasteiger charge is -2.09. The van der Waals surface area contributed by atoms with Gasteiger partial charge in [-0.15, -0.1) is 0 Å². The first-order valence-electron chi connectivity index (χ1n) is 7.44. The molecule has 0 saturated carbocycles. The fourth-order valence-electron chi connectivity index (χ4n) is 2.44. The van der Waals surface area contributed by atoms with Crippen molar-refractivity contribution in [3.8, 4) is 0 Å². The highest BCUT2D eigenvalue weighted by Gasteiger charge is 2.40. The van der Waals surface area contributed by atoms with Crippen LogP contribution in [0.25, 0.3) is 0 Å². The molecule has 0 spiro atoms. The van der Waals surface area contributed by atoms with Gasteiger partial charge in [-0.3, -0.25) is 9.59 Å². The molecule has 0 saturated heterocycles. The Morgan fingerprint density at radius 1 is 0.900 bits per heavy atom. The number of carbonyl (C=O) groups is 3. The average Bonchev–Trinajstić information content (AvgIpc) is 2.63. The number of nitrogens with zero attached hydrogens (tertiary/aromatic N) is 1. The second-order valence-electron chi connectivity index (χ2n) is 5.16. The minimum atomic E-state index is -0.974. The van der Waals surface area contributed by atoms with Gasteiger partial charge in [0.2, 0.25) is 0 Å². The summed E-state index contributed by atoms with van der Waals surface area (Å²) < 4.78 is 0. The Morgan fingerprint density at radius 3 is 1.60 bits per heavy atom. The molecule has 0 fully saturated rings.